The molecule has 2 N–H and O–H groups in total. The maximum atomic E-state index is 15.3. The molecule has 1 aliphatic rings. The molecule has 15 heteroatoms. The van der Waals surface area contributed by atoms with Gasteiger partial charge in [0, 0.05) is 25.2 Å². The molecule has 1 aromatic carbocycles. The normalized spacial score (nSPS) is 16.2. The van der Waals surface area contributed by atoms with Crippen LogP contribution in [0.2, 0.25) is 5.02 Å². The summed E-state index contributed by atoms with van der Waals surface area (Å²) in [6.45, 7) is -0.791. The topological polar surface area (TPSA) is 157 Å². The molecule has 1 unspecified atom stereocenters. The van der Waals surface area contributed by atoms with E-state index in [2.05, 4.69) is 20.5 Å². The van der Waals surface area contributed by atoms with Crippen molar-refractivity contribution in [3.8, 4) is 16.8 Å². The van der Waals surface area contributed by atoms with Crippen LogP contribution in [0.1, 0.15) is 34.6 Å². The number of benzene rings is 1. The van der Waals surface area contributed by atoms with Crippen LogP contribution in [0.5, 0.6) is 0 Å². The first-order valence-electron chi connectivity index (χ1n) is 11.3. The summed E-state index contributed by atoms with van der Waals surface area (Å²) >= 11 is 6.03. The number of hydrogen-bond acceptors (Lipinski definition) is 10. The number of carbonyl (C=O) groups excluding carboxylic acids is 2. The molecular formula is C24H18ClF2N7O5. The summed E-state index contributed by atoms with van der Waals surface area (Å²) in [6.07, 6.45) is 0.505. The van der Waals surface area contributed by atoms with Crippen LogP contribution in [0, 0.1) is 11.8 Å². The minimum absolute atomic E-state index is 0.00210. The van der Waals surface area contributed by atoms with Crippen LogP contribution in [0.15, 0.2) is 47.5 Å². The highest BCUT2D eigenvalue weighted by Gasteiger charge is 2.38. The number of carbonyl (C=O) groups is 2. The Kier molecular flexibility index (Phi) is 6.89. The van der Waals surface area contributed by atoms with Gasteiger partial charge in [-0.2, -0.15) is 9.07 Å². The number of methoxy groups -OCH3 is 1. The Balaban J connectivity index is 1.47. The number of pyridine rings is 2. The van der Waals surface area contributed by atoms with Crippen molar-refractivity contribution >= 4 is 29.2 Å². The summed E-state index contributed by atoms with van der Waals surface area (Å²) in [5.41, 5.74) is 4.92. The van der Waals surface area contributed by atoms with Gasteiger partial charge in [-0.1, -0.05) is 11.6 Å². The third kappa shape index (κ3) is 4.75. The minimum Gasteiger partial charge on any atom is -0.456 e. The SMILES string of the molecule is COC1C[C@@H](C(=O)OCC(=O)c2ccc(N)nc2F)n2c1cc(-c1c(-n3cnnn3)ccc(Cl)c1F)cc2=O. The fraction of sp³-hybridized carbons (Fsp3) is 0.208. The molecule has 0 spiro atoms. The maximum Gasteiger partial charge on any atom is 0.329 e. The van der Waals surface area contributed by atoms with Gasteiger partial charge in [0.1, 0.15) is 18.2 Å². The number of nitrogen functional groups attached to an aromatic ring is 1. The van der Waals surface area contributed by atoms with Crippen LogP contribution < -0.4 is 11.3 Å². The van der Waals surface area contributed by atoms with Crippen molar-refractivity contribution in [2.24, 2.45) is 0 Å². The Morgan fingerprint density at radius 3 is 2.69 bits per heavy atom. The Bertz CT molecular complexity index is 1660. The summed E-state index contributed by atoms with van der Waals surface area (Å²) in [5, 5.41) is 10.7. The van der Waals surface area contributed by atoms with Gasteiger partial charge in [-0.15, -0.1) is 5.10 Å². The van der Waals surface area contributed by atoms with Crippen molar-refractivity contribution in [2.75, 3.05) is 19.5 Å². The molecule has 39 heavy (non-hydrogen) atoms. The van der Waals surface area contributed by atoms with Gasteiger partial charge in [-0.05, 0) is 46.3 Å². The van der Waals surface area contributed by atoms with Gasteiger partial charge in [-0.25, -0.2) is 14.2 Å². The van der Waals surface area contributed by atoms with Gasteiger partial charge in [0.2, 0.25) is 11.7 Å². The van der Waals surface area contributed by atoms with Crippen LogP contribution in [0.3, 0.4) is 0 Å². The van der Waals surface area contributed by atoms with E-state index in [1.807, 2.05) is 0 Å². The number of Topliss-reactive ketones (excluding diaryl/α,β-unsaturated/α-hetero) is 1. The van der Waals surface area contributed by atoms with E-state index in [1.54, 1.807) is 0 Å². The first-order chi connectivity index (χ1) is 18.7. The lowest BCUT2D eigenvalue weighted by Crippen LogP contribution is -2.30. The van der Waals surface area contributed by atoms with Gasteiger partial charge in [0.05, 0.1) is 28.1 Å². The number of nitrogens with zero attached hydrogens (tertiary/aromatic N) is 6. The zero-order valence-electron chi connectivity index (χ0n) is 20.0. The van der Waals surface area contributed by atoms with E-state index in [0.717, 1.165) is 16.7 Å². The number of nitrogens with two attached hydrogens (primary N) is 1. The lowest BCUT2D eigenvalue weighted by molar-refractivity contribution is -0.146. The summed E-state index contributed by atoms with van der Waals surface area (Å²) in [7, 11) is 1.38. The van der Waals surface area contributed by atoms with Crippen molar-refractivity contribution in [1.82, 2.24) is 29.8 Å². The van der Waals surface area contributed by atoms with Crippen LogP contribution >= 0.6 is 11.6 Å². The predicted molar refractivity (Wildman–Crippen MR) is 131 cm³/mol. The number of aromatic nitrogens is 6. The fourth-order valence-electron chi connectivity index (χ4n) is 4.42. The van der Waals surface area contributed by atoms with Gasteiger partial charge in [-0.3, -0.25) is 14.2 Å². The smallest absolute Gasteiger partial charge is 0.329 e. The largest absolute Gasteiger partial charge is 0.456 e. The molecule has 5 rings (SSSR count). The first kappa shape index (κ1) is 26.1. The number of esters is 1. The van der Waals surface area contributed by atoms with Crippen LogP contribution in [0.25, 0.3) is 16.8 Å². The maximum absolute atomic E-state index is 15.3. The second kappa shape index (κ2) is 10.3. The van der Waals surface area contributed by atoms with Crippen molar-refractivity contribution in [2.45, 2.75) is 18.6 Å². The summed E-state index contributed by atoms with van der Waals surface area (Å²) in [5.74, 6) is -3.77. The molecule has 0 bridgehead atoms. The standard InChI is InChI=1S/C24H18ClF2N7O5/c1-38-18-8-16(24(37)39-9-17(35)12-2-5-19(28)30-23(12)27)34-15(18)6-11(7-20(34)36)21-14(33-10-29-31-32-33)4-3-13(25)22(21)26/h2-7,10,16,18H,8-9H2,1H3,(H2,28,30)/t16-,18?/m0/s1. The summed E-state index contributed by atoms with van der Waals surface area (Å²) < 4.78 is 42.2. The first-order valence-corrected chi connectivity index (χ1v) is 11.7. The lowest BCUT2D eigenvalue weighted by atomic mass is 10.0. The van der Waals surface area contributed by atoms with Crippen molar-refractivity contribution in [3.05, 3.63) is 81.1 Å². The Labute approximate surface area is 222 Å². The lowest BCUT2D eigenvalue weighted by Gasteiger charge is -2.16. The van der Waals surface area contributed by atoms with Crippen molar-refractivity contribution in [3.63, 3.8) is 0 Å². The number of anilines is 1. The molecule has 12 nitrogen and oxygen atoms in total. The average Bonchev–Trinajstić information content (AvgIpc) is 3.57. The number of rotatable bonds is 7. The van der Waals surface area contributed by atoms with E-state index in [-0.39, 0.29) is 39.8 Å². The molecular weight excluding hydrogens is 540 g/mol. The molecule has 0 amide bonds. The van der Waals surface area contributed by atoms with E-state index in [0.29, 0.717) is 0 Å². The molecule has 0 radical (unpaired) electrons. The minimum atomic E-state index is -1.16. The van der Waals surface area contributed by atoms with E-state index in [1.165, 1.54) is 42.4 Å². The Morgan fingerprint density at radius 2 is 2.00 bits per heavy atom. The number of ether oxygens (including phenoxy) is 2. The molecule has 0 aliphatic carbocycles. The number of halogens is 3. The molecule has 0 saturated carbocycles. The van der Waals surface area contributed by atoms with E-state index in [4.69, 9.17) is 26.8 Å². The molecule has 4 aromatic rings. The number of ketones is 1. The Hall–Kier alpha value is -4.56. The van der Waals surface area contributed by atoms with Crippen LogP contribution in [0.4, 0.5) is 14.6 Å². The van der Waals surface area contributed by atoms with Crippen molar-refractivity contribution in [1.29, 1.82) is 0 Å². The van der Waals surface area contributed by atoms with Gasteiger partial charge in [0.15, 0.2) is 12.4 Å². The summed E-state index contributed by atoms with van der Waals surface area (Å²) in [4.78, 5) is 41.9. The molecule has 0 saturated heterocycles. The van der Waals surface area contributed by atoms with Gasteiger partial charge in [0.25, 0.3) is 5.56 Å². The molecule has 2 atom stereocenters. The Morgan fingerprint density at radius 1 is 1.21 bits per heavy atom. The molecule has 3 aromatic heterocycles. The van der Waals surface area contributed by atoms with Crippen molar-refractivity contribution < 1.29 is 27.8 Å². The average molecular weight is 558 g/mol. The monoisotopic (exact) mass is 557 g/mol. The van der Waals surface area contributed by atoms with Gasteiger partial charge >= 0.3 is 5.97 Å². The second-order valence-corrected chi connectivity index (χ2v) is 8.88. The van der Waals surface area contributed by atoms with E-state index < -0.39 is 53.4 Å². The third-order valence-corrected chi connectivity index (χ3v) is 6.50. The summed E-state index contributed by atoms with van der Waals surface area (Å²) in [6, 6.07) is 6.65. The highest BCUT2D eigenvalue weighted by atomic mass is 35.5. The number of tetrazole rings is 1. The molecule has 4 heterocycles. The fourth-order valence-corrected chi connectivity index (χ4v) is 4.58. The number of fused-ring (bicyclic) bond motifs is 1. The van der Waals surface area contributed by atoms with Crippen LogP contribution in [-0.4, -0.2) is 55.2 Å². The molecule has 200 valence electrons. The third-order valence-electron chi connectivity index (χ3n) is 6.21. The van der Waals surface area contributed by atoms with Crippen LogP contribution in [-0.2, 0) is 14.3 Å². The number of hydrogen-bond donors (Lipinski definition) is 1. The zero-order chi connectivity index (χ0) is 27.8. The highest BCUT2D eigenvalue weighted by Crippen LogP contribution is 2.39. The molecule has 1 aliphatic heterocycles. The predicted octanol–water partition coefficient (Wildman–Crippen LogP) is 2.46. The van der Waals surface area contributed by atoms with E-state index in [9.17, 15) is 18.8 Å². The zero-order valence-corrected chi connectivity index (χ0v) is 20.8. The van der Waals surface area contributed by atoms with E-state index >= 15 is 4.39 Å². The quantitative estimate of drug-likeness (QED) is 0.203. The highest BCUT2D eigenvalue weighted by molar-refractivity contribution is 6.31. The molecule has 0 fully saturated rings. The second-order valence-electron chi connectivity index (χ2n) is 8.47. The van der Waals surface area contributed by atoms with Gasteiger partial charge < -0.3 is 15.2 Å².